The minimum Gasteiger partial charge on any atom is -0.387 e. The molecule has 3 rings (SSSR count). The Balaban J connectivity index is 1.86. The molecule has 0 radical (unpaired) electrons. The average Bonchev–Trinajstić information content (AvgIpc) is 2.98. The molecule has 124 valence electrons. The lowest BCUT2D eigenvalue weighted by molar-refractivity contribution is -0.0910. The van der Waals surface area contributed by atoms with Crippen LogP contribution in [0.3, 0.4) is 0 Å². The zero-order valence-electron chi connectivity index (χ0n) is 14.6. The largest absolute Gasteiger partial charge is 0.387 e. The van der Waals surface area contributed by atoms with Crippen LogP contribution in [-0.2, 0) is 13.0 Å². The summed E-state index contributed by atoms with van der Waals surface area (Å²) in [6.45, 7) is 8.91. The Kier molecular flexibility index (Phi) is 4.05. The van der Waals surface area contributed by atoms with Gasteiger partial charge in [0, 0.05) is 0 Å². The van der Waals surface area contributed by atoms with Gasteiger partial charge < -0.3 is 5.11 Å². The van der Waals surface area contributed by atoms with E-state index in [9.17, 15) is 5.11 Å². The van der Waals surface area contributed by atoms with Gasteiger partial charge in [-0.25, -0.2) is 9.67 Å². The van der Waals surface area contributed by atoms with E-state index in [0.717, 1.165) is 25.1 Å². The van der Waals surface area contributed by atoms with Gasteiger partial charge in [0.15, 0.2) is 0 Å². The molecule has 0 aliphatic heterocycles. The first-order chi connectivity index (χ1) is 10.8. The van der Waals surface area contributed by atoms with E-state index >= 15 is 0 Å². The van der Waals surface area contributed by atoms with Crippen LogP contribution in [0.1, 0.15) is 43.6 Å². The van der Waals surface area contributed by atoms with E-state index < -0.39 is 5.60 Å². The third kappa shape index (κ3) is 2.92. The highest BCUT2D eigenvalue weighted by molar-refractivity contribution is 5.23. The van der Waals surface area contributed by atoms with Crippen LogP contribution in [0.4, 0.5) is 0 Å². The smallest absolute Gasteiger partial charge is 0.138 e. The van der Waals surface area contributed by atoms with Gasteiger partial charge >= 0.3 is 0 Å². The molecule has 0 spiro atoms. The minimum absolute atomic E-state index is 0.124. The minimum atomic E-state index is -0.768. The number of benzene rings is 1. The topological polar surface area (TPSA) is 50.9 Å². The van der Waals surface area contributed by atoms with Crippen LogP contribution < -0.4 is 0 Å². The van der Waals surface area contributed by atoms with E-state index in [1.807, 2.05) is 11.6 Å². The summed E-state index contributed by atoms with van der Waals surface area (Å²) in [5.74, 6) is 1.10. The Labute approximate surface area is 138 Å². The molecule has 0 bridgehead atoms. The van der Waals surface area contributed by atoms with Gasteiger partial charge in [-0.3, -0.25) is 0 Å². The van der Waals surface area contributed by atoms with Gasteiger partial charge in [0.1, 0.15) is 12.2 Å². The van der Waals surface area contributed by atoms with E-state index in [2.05, 4.69) is 55.1 Å². The van der Waals surface area contributed by atoms with Crippen LogP contribution in [0.25, 0.3) is 0 Å². The molecule has 1 heterocycles. The lowest BCUT2D eigenvalue weighted by atomic mass is 9.72. The summed E-state index contributed by atoms with van der Waals surface area (Å²) in [4.78, 5) is 4.20. The second-order valence-electron chi connectivity index (χ2n) is 7.70. The highest BCUT2D eigenvalue weighted by Crippen LogP contribution is 2.51. The summed E-state index contributed by atoms with van der Waals surface area (Å²) in [5.41, 5.74) is 1.68. The second-order valence-corrected chi connectivity index (χ2v) is 7.70. The first-order valence-corrected chi connectivity index (χ1v) is 8.44. The van der Waals surface area contributed by atoms with E-state index in [-0.39, 0.29) is 11.3 Å². The lowest BCUT2D eigenvalue weighted by Gasteiger charge is -2.41. The van der Waals surface area contributed by atoms with Crippen molar-refractivity contribution >= 4 is 0 Å². The van der Waals surface area contributed by atoms with Gasteiger partial charge in [0.2, 0.25) is 0 Å². The SMILES string of the molecule is Cc1ccc(CC2CCC(C)(C)C2(O)Cn2ncnc2C)cc1. The number of hydrogen-bond donors (Lipinski definition) is 1. The summed E-state index contributed by atoms with van der Waals surface area (Å²) in [7, 11) is 0. The van der Waals surface area contributed by atoms with Crippen LogP contribution in [-0.4, -0.2) is 25.5 Å². The van der Waals surface area contributed by atoms with Crippen molar-refractivity contribution in [3.05, 3.63) is 47.5 Å². The molecule has 0 amide bonds. The van der Waals surface area contributed by atoms with Crippen molar-refractivity contribution in [2.45, 2.75) is 59.1 Å². The van der Waals surface area contributed by atoms with E-state index in [1.54, 1.807) is 6.33 Å². The van der Waals surface area contributed by atoms with E-state index in [1.165, 1.54) is 11.1 Å². The normalized spacial score (nSPS) is 26.6. The van der Waals surface area contributed by atoms with Gasteiger partial charge in [0.25, 0.3) is 0 Å². The molecule has 1 aromatic carbocycles. The number of aliphatic hydroxyl groups is 1. The van der Waals surface area contributed by atoms with Gasteiger partial charge in [0.05, 0.1) is 12.1 Å². The summed E-state index contributed by atoms with van der Waals surface area (Å²) in [5, 5.41) is 15.9. The number of hydrogen-bond acceptors (Lipinski definition) is 3. The van der Waals surface area contributed by atoms with E-state index in [0.29, 0.717) is 6.54 Å². The molecular formula is C19H27N3O. The average molecular weight is 313 g/mol. The molecule has 1 fully saturated rings. The van der Waals surface area contributed by atoms with Crippen molar-refractivity contribution < 1.29 is 5.11 Å². The van der Waals surface area contributed by atoms with Crippen molar-refractivity contribution in [3.63, 3.8) is 0 Å². The highest BCUT2D eigenvalue weighted by atomic mass is 16.3. The third-order valence-corrected chi connectivity index (χ3v) is 5.77. The van der Waals surface area contributed by atoms with Crippen LogP contribution in [0.15, 0.2) is 30.6 Å². The molecule has 2 unspecified atom stereocenters. The maximum Gasteiger partial charge on any atom is 0.138 e. The molecule has 1 saturated carbocycles. The molecule has 1 aliphatic rings. The van der Waals surface area contributed by atoms with Crippen LogP contribution >= 0.6 is 0 Å². The van der Waals surface area contributed by atoms with E-state index in [4.69, 9.17) is 0 Å². The van der Waals surface area contributed by atoms with Crippen molar-refractivity contribution in [2.75, 3.05) is 0 Å². The fourth-order valence-electron chi connectivity index (χ4n) is 3.87. The quantitative estimate of drug-likeness (QED) is 0.942. The zero-order valence-corrected chi connectivity index (χ0v) is 14.6. The molecule has 0 saturated heterocycles. The summed E-state index contributed by atoms with van der Waals surface area (Å²) in [6.07, 6.45) is 4.56. The molecular weight excluding hydrogens is 286 g/mol. The highest BCUT2D eigenvalue weighted by Gasteiger charge is 2.54. The standard InChI is InChI=1S/C19H27N3O/c1-14-5-7-16(8-6-14)11-17-9-10-18(3,4)19(17,23)12-22-15(2)20-13-21-22/h5-8,13,17,23H,9-12H2,1-4H3. The van der Waals surface area contributed by atoms with Gasteiger partial charge in [-0.2, -0.15) is 5.10 Å². The fraction of sp³-hybridized carbons (Fsp3) is 0.579. The maximum absolute atomic E-state index is 11.6. The summed E-state index contributed by atoms with van der Waals surface area (Å²) in [6, 6.07) is 8.66. The van der Waals surface area contributed by atoms with Crippen LogP contribution in [0.2, 0.25) is 0 Å². The monoisotopic (exact) mass is 313 g/mol. The van der Waals surface area contributed by atoms with Crippen molar-refractivity contribution in [1.82, 2.24) is 14.8 Å². The van der Waals surface area contributed by atoms with Crippen LogP contribution in [0, 0.1) is 25.2 Å². The van der Waals surface area contributed by atoms with Crippen molar-refractivity contribution in [3.8, 4) is 0 Å². The summed E-state index contributed by atoms with van der Waals surface area (Å²) >= 11 is 0. The van der Waals surface area contributed by atoms with Gasteiger partial charge in [-0.1, -0.05) is 43.7 Å². The Morgan fingerprint density at radius 1 is 1.22 bits per heavy atom. The first kappa shape index (κ1) is 16.2. The Hall–Kier alpha value is -1.68. The first-order valence-electron chi connectivity index (χ1n) is 8.44. The molecule has 1 aliphatic carbocycles. The second kappa shape index (κ2) is 5.75. The molecule has 1 aromatic heterocycles. The lowest BCUT2D eigenvalue weighted by Crippen LogP contribution is -2.49. The molecule has 4 nitrogen and oxygen atoms in total. The van der Waals surface area contributed by atoms with Gasteiger partial charge in [-0.05, 0) is 50.0 Å². The number of rotatable bonds is 4. The Morgan fingerprint density at radius 2 is 1.91 bits per heavy atom. The van der Waals surface area contributed by atoms with Crippen LogP contribution in [0.5, 0.6) is 0 Å². The molecule has 1 N–H and O–H groups in total. The number of aromatic nitrogens is 3. The van der Waals surface area contributed by atoms with Gasteiger partial charge in [-0.15, -0.1) is 0 Å². The molecule has 2 atom stereocenters. The maximum atomic E-state index is 11.6. The molecule has 2 aromatic rings. The summed E-state index contributed by atoms with van der Waals surface area (Å²) < 4.78 is 1.84. The van der Waals surface area contributed by atoms with Crippen molar-refractivity contribution in [1.29, 1.82) is 0 Å². The van der Waals surface area contributed by atoms with Crippen molar-refractivity contribution in [2.24, 2.45) is 11.3 Å². The predicted octanol–water partition coefficient (Wildman–Crippen LogP) is 3.30. The molecule has 4 heteroatoms. The number of aryl methyl sites for hydroxylation is 2. The fourth-order valence-corrected chi connectivity index (χ4v) is 3.87. The molecule has 23 heavy (non-hydrogen) atoms. The number of nitrogens with zero attached hydrogens (tertiary/aromatic N) is 3. The predicted molar refractivity (Wildman–Crippen MR) is 91.1 cm³/mol. The third-order valence-electron chi connectivity index (χ3n) is 5.77. The Morgan fingerprint density at radius 3 is 2.52 bits per heavy atom. The Bertz CT molecular complexity index is 674. The zero-order chi connectivity index (χ0) is 16.7.